The smallest absolute Gasteiger partial charge is 0.261 e. The normalized spacial score (nSPS) is 11.3. The molecule has 0 fully saturated rings. The van der Waals surface area contributed by atoms with Crippen LogP contribution in [0.25, 0.3) is 0 Å². The number of rotatable bonds is 3. The molecule has 2 aromatic rings. The van der Waals surface area contributed by atoms with Crippen LogP contribution in [0.1, 0.15) is 0 Å². The molecule has 2 rings (SSSR count). The molecule has 0 unspecified atom stereocenters. The first kappa shape index (κ1) is 14.5. The summed E-state index contributed by atoms with van der Waals surface area (Å²) < 4.78 is 40.8. The van der Waals surface area contributed by atoms with Gasteiger partial charge in [-0.1, -0.05) is 15.9 Å². The van der Waals surface area contributed by atoms with Crippen LogP contribution in [0.3, 0.4) is 0 Å². The molecule has 0 aromatic heterocycles. The molecule has 0 aliphatic heterocycles. The monoisotopic (exact) mass is 407 g/mol. The molecule has 0 bridgehead atoms. The topological polar surface area (TPSA) is 46.2 Å². The Hall–Kier alpha value is -0.920. The second-order valence-electron chi connectivity index (χ2n) is 3.68. The van der Waals surface area contributed by atoms with Gasteiger partial charge in [-0.2, -0.15) is 0 Å². The van der Waals surface area contributed by atoms with E-state index in [4.69, 9.17) is 0 Å². The summed E-state index contributed by atoms with van der Waals surface area (Å²) in [7, 11) is -3.73. The van der Waals surface area contributed by atoms with Gasteiger partial charge in [0.2, 0.25) is 0 Å². The Morgan fingerprint density at radius 1 is 1.00 bits per heavy atom. The van der Waals surface area contributed by atoms with Crippen molar-refractivity contribution < 1.29 is 12.8 Å². The zero-order valence-corrected chi connectivity index (χ0v) is 13.4. The van der Waals surface area contributed by atoms with Gasteiger partial charge in [-0.05, 0) is 58.4 Å². The number of benzene rings is 2. The van der Waals surface area contributed by atoms with Crippen molar-refractivity contribution >= 4 is 47.6 Å². The van der Waals surface area contributed by atoms with Gasteiger partial charge in [0.05, 0.1) is 10.6 Å². The molecule has 1 N–H and O–H groups in total. The van der Waals surface area contributed by atoms with Gasteiger partial charge in [0, 0.05) is 8.95 Å². The van der Waals surface area contributed by atoms with E-state index in [2.05, 4.69) is 36.6 Å². The highest BCUT2D eigenvalue weighted by Crippen LogP contribution is 2.28. The minimum Gasteiger partial charge on any atom is -0.278 e. The third-order valence-electron chi connectivity index (χ3n) is 2.30. The molecule has 7 heteroatoms. The first-order chi connectivity index (χ1) is 8.88. The van der Waals surface area contributed by atoms with Crippen LogP contribution in [-0.4, -0.2) is 8.42 Å². The molecule has 0 heterocycles. The van der Waals surface area contributed by atoms with E-state index >= 15 is 0 Å². The lowest BCUT2D eigenvalue weighted by Gasteiger charge is -2.10. The number of hydrogen-bond acceptors (Lipinski definition) is 2. The number of nitrogens with one attached hydrogen (secondary N) is 1. The summed E-state index contributed by atoms with van der Waals surface area (Å²) in [5.74, 6) is -0.483. The summed E-state index contributed by atoms with van der Waals surface area (Å²) in [5, 5.41) is 0. The Morgan fingerprint density at radius 3 is 2.21 bits per heavy atom. The van der Waals surface area contributed by atoms with Crippen LogP contribution >= 0.6 is 31.9 Å². The SMILES string of the molecule is O=S(=O)(Nc1ccc(Br)cc1Br)c1ccc(F)cc1. The molecule has 0 saturated carbocycles. The van der Waals surface area contributed by atoms with E-state index in [0.717, 1.165) is 16.6 Å². The van der Waals surface area contributed by atoms with Gasteiger partial charge in [0.15, 0.2) is 0 Å². The lowest BCUT2D eigenvalue weighted by molar-refractivity contribution is 0.599. The van der Waals surface area contributed by atoms with E-state index in [0.29, 0.717) is 10.2 Å². The van der Waals surface area contributed by atoms with Gasteiger partial charge in [0.1, 0.15) is 5.82 Å². The van der Waals surface area contributed by atoms with Crippen LogP contribution in [0.4, 0.5) is 10.1 Å². The predicted molar refractivity (Wildman–Crippen MR) is 79.1 cm³/mol. The Morgan fingerprint density at radius 2 is 1.63 bits per heavy atom. The van der Waals surface area contributed by atoms with Gasteiger partial charge < -0.3 is 0 Å². The molecule has 0 atom stereocenters. The molecular formula is C12H8Br2FNO2S. The first-order valence-electron chi connectivity index (χ1n) is 5.12. The number of hydrogen-bond donors (Lipinski definition) is 1. The van der Waals surface area contributed by atoms with E-state index in [9.17, 15) is 12.8 Å². The third-order valence-corrected chi connectivity index (χ3v) is 4.83. The lowest BCUT2D eigenvalue weighted by atomic mass is 10.3. The molecule has 0 saturated heterocycles. The summed E-state index contributed by atoms with van der Waals surface area (Å²) >= 11 is 6.55. The minimum atomic E-state index is -3.73. The quantitative estimate of drug-likeness (QED) is 0.828. The van der Waals surface area contributed by atoms with Crippen LogP contribution < -0.4 is 4.72 Å². The molecule has 19 heavy (non-hydrogen) atoms. The van der Waals surface area contributed by atoms with Crippen molar-refractivity contribution in [2.24, 2.45) is 0 Å². The van der Waals surface area contributed by atoms with Gasteiger partial charge in [-0.15, -0.1) is 0 Å². The van der Waals surface area contributed by atoms with Crippen LogP contribution in [-0.2, 0) is 10.0 Å². The van der Waals surface area contributed by atoms with Crippen molar-refractivity contribution in [1.29, 1.82) is 0 Å². The molecule has 0 aliphatic rings. The number of sulfonamides is 1. The Labute approximate surface area is 127 Å². The zero-order valence-electron chi connectivity index (χ0n) is 9.40. The molecule has 3 nitrogen and oxygen atoms in total. The maximum atomic E-state index is 12.8. The molecule has 0 aliphatic carbocycles. The summed E-state index contributed by atoms with van der Waals surface area (Å²) in [5.41, 5.74) is 0.410. The fourth-order valence-electron chi connectivity index (χ4n) is 1.39. The lowest BCUT2D eigenvalue weighted by Crippen LogP contribution is -2.13. The average molecular weight is 409 g/mol. The van der Waals surface area contributed by atoms with Crippen LogP contribution in [0.5, 0.6) is 0 Å². The predicted octanol–water partition coefficient (Wildman–Crippen LogP) is 4.15. The number of halogens is 3. The fraction of sp³-hybridized carbons (Fsp3) is 0. The largest absolute Gasteiger partial charge is 0.278 e. The maximum absolute atomic E-state index is 12.8. The minimum absolute atomic E-state index is 0.00344. The van der Waals surface area contributed by atoms with Crippen molar-refractivity contribution in [3.63, 3.8) is 0 Å². The van der Waals surface area contributed by atoms with Gasteiger partial charge in [0.25, 0.3) is 10.0 Å². The van der Waals surface area contributed by atoms with E-state index in [1.54, 1.807) is 18.2 Å². The highest BCUT2D eigenvalue weighted by Gasteiger charge is 2.15. The molecule has 0 spiro atoms. The molecule has 0 amide bonds. The Balaban J connectivity index is 2.33. The average Bonchev–Trinajstić information content (AvgIpc) is 2.33. The Bertz CT molecular complexity index is 702. The highest BCUT2D eigenvalue weighted by molar-refractivity contribution is 9.11. The van der Waals surface area contributed by atoms with Crippen LogP contribution in [0, 0.1) is 5.82 Å². The van der Waals surface area contributed by atoms with E-state index in [1.165, 1.54) is 12.1 Å². The standard InChI is InChI=1S/C12H8Br2FNO2S/c13-8-1-6-12(11(14)7-8)16-19(17,18)10-4-2-9(15)3-5-10/h1-7,16H. The van der Waals surface area contributed by atoms with Crippen molar-refractivity contribution in [3.8, 4) is 0 Å². The van der Waals surface area contributed by atoms with Crippen molar-refractivity contribution in [2.45, 2.75) is 4.90 Å². The molecule has 0 radical (unpaired) electrons. The zero-order chi connectivity index (χ0) is 14.0. The number of anilines is 1. The summed E-state index contributed by atoms with van der Waals surface area (Å²) in [6.45, 7) is 0. The van der Waals surface area contributed by atoms with Crippen molar-refractivity contribution in [1.82, 2.24) is 0 Å². The molecule has 100 valence electrons. The summed E-state index contributed by atoms with van der Waals surface area (Å²) in [4.78, 5) is 0.00344. The van der Waals surface area contributed by atoms with Crippen LogP contribution in [0.15, 0.2) is 56.3 Å². The summed E-state index contributed by atoms with van der Waals surface area (Å²) in [6, 6.07) is 9.69. The molecule has 2 aromatic carbocycles. The van der Waals surface area contributed by atoms with Crippen LogP contribution in [0.2, 0.25) is 0 Å². The van der Waals surface area contributed by atoms with Gasteiger partial charge in [-0.25, -0.2) is 12.8 Å². The second kappa shape index (κ2) is 5.60. The Kier molecular flexibility index (Phi) is 4.27. The van der Waals surface area contributed by atoms with Gasteiger partial charge >= 0.3 is 0 Å². The maximum Gasteiger partial charge on any atom is 0.261 e. The second-order valence-corrected chi connectivity index (χ2v) is 7.14. The van der Waals surface area contributed by atoms with Crippen molar-refractivity contribution in [3.05, 3.63) is 57.2 Å². The first-order valence-corrected chi connectivity index (χ1v) is 8.19. The summed E-state index contributed by atoms with van der Waals surface area (Å²) in [6.07, 6.45) is 0. The molecular weight excluding hydrogens is 401 g/mol. The van der Waals surface area contributed by atoms with Crippen molar-refractivity contribution in [2.75, 3.05) is 4.72 Å². The highest BCUT2D eigenvalue weighted by atomic mass is 79.9. The van der Waals surface area contributed by atoms with Gasteiger partial charge in [-0.3, -0.25) is 4.72 Å². The third kappa shape index (κ3) is 3.55. The van der Waals surface area contributed by atoms with E-state index < -0.39 is 15.8 Å². The van der Waals surface area contributed by atoms with E-state index in [-0.39, 0.29) is 4.90 Å². The fourth-order valence-corrected chi connectivity index (χ4v) is 3.75. The van der Waals surface area contributed by atoms with E-state index in [1.807, 2.05) is 0 Å².